The quantitative estimate of drug-likeness (QED) is 0.717. The average Bonchev–Trinajstić information content (AvgIpc) is 3.31. The van der Waals surface area contributed by atoms with Gasteiger partial charge in [-0.15, -0.1) is 10.2 Å². The molecule has 1 fully saturated rings. The van der Waals surface area contributed by atoms with Crippen LogP contribution in [0.4, 0.5) is 0 Å². The van der Waals surface area contributed by atoms with Crippen molar-refractivity contribution < 1.29 is 8.83 Å². The summed E-state index contributed by atoms with van der Waals surface area (Å²) in [5.74, 6) is 1.70. The molecular weight excluding hydrogens is 312 g/mol. The zero-order valence-corrected chi connectivity index (χ0v) is 13.5. The molecular formula is C16H18N4O2S. The second kappa shape index (κ2) is 6.66. The number of nitrogens with zero attached hydrogens (tertiary/aromatic N) is 4. The summed E-state index contributed by atoms with van der Waals surface area (Å²) in [6.45, 7) is 5.90. The standard InChI is InChI=1S/C16H18N4O2S/c1-2-14(21-8-1)16-18-17-15(22-16)11-20-6-4-19(5-7-20)10-13-3-9-23-12-13/h1-3,8-9,12H,4-7,10-11H2. The number of thiophene rings is 1. The number of rotatable bonds is 5. The Bertz CT molecular complexity index is 715. The molecule has 7 heteroatoms. The summed E-state index contributed by atoms with van der Waals surface area (Å²) >= 11 is 1.76. The summed E-state index contributed by atoms with van der Waals surface area (Å²) in [6.07, 6.45) is 1.60. The normalized spacial score (nSPS) is 16.9. The SMILES string of the molecule is c1coc(-c2nnc(CN3CCN(Cc4ccsc4)CC3)o2)c1. The van der Waals surface area contributed by atoms with Gasteiger partial charge in [0.05, 0.1) is 12.8 Å². The second-order valence-corrected chi connectivity index (χ2v) is 6.44. The molecule has 0 radical (unpaired) electrons. The van der Waals surface area contributed by atoms with Gasteiger partial charge < -0.3 is 8.83 Å². The van der Waals surface area contributed by atoms with Crippen LogP contribution in [0, 0.1) is 0 Å². The van der Waals surface area contributed by atoms with E-state index in [-0.39, 0.29) is 0 Å². The van der Waals surface area contributed by atoms with Crippen LogP contribution in [-0.4, -0.2) is 46.2 Å². The van der Waals surface area contributed by atoms with E-state index in [1.807, 2.05) is 12.1 Å². The fourth-order valence-electron chi connectivity index (χ4n) is 2.75. The molecule has 6 nitrogen and oxygen atoms in total. The molecule has 0 aliphatic carbocycles. The van der Waals surface area contributed by atoms with Crippen LogP contribution in [0.25, 0.3) is 11.7 Å². The fourth-order valence-corrected chi connectivity index (χ4v) is 3.41. The molecule has 0 saturated carbocycles. The maximum atomic E-state index is 5.67. The predicted octanol–water partition coefficient (Wildman–Crippen LogP) is 2.71. The maximum Gasteiger partial charge on any atom is 0.283 e. The van der Waals surface area contributed by atoms with Crippen molar-refractivity contribution in [3.63, 3.8) is 0 Å². The smallest absolute Gasteiger partial charge is 0.283 e. The summed E-state index contributed by atoms with van der Waals surface area (Å²) in [7, 11) is 0. The molecule has 3 aromatic heterocycles. The van der Waals surface area contributed by atoms with Crippen LogP contribution in [0.15, 0.2) is 44.1 Å². The van der Waals surface area contributed by atoms with Gasteiger partial charge in [-0.05, 0) is 34.5 Å². The lowest BCUT2D eigenvalue weighted by Crippen LogP contribution is -2.45. The highest BCUT2D eigenvalue weighted by Gasteiger charge is 2.20. The van der Waals surface area contributed by atoms with Crippen molar-refractivity contribution in [3.05, 3.63) is 46.7 Å². The Morgan fingerprint density at radius 1 is 1.04 bits per heavy atom. The molecule has 0 atom stereocenters. The zero-order valence-electron chi connectivity index (χ0n) is 12.7. The Morgan fingerprint density at radius 2 is 1.87 bits per heavy atom. The van der Waals surface area contributed by atoms with Crippen LogP contribution in [-0.2, 0) is 13.1 Å². The first kappa shape index (κ1) is 14.6. The third-order valence-electron chi connectivity index (χ3n) is 4.01. The van der Waals surface area contributed by atoms with Crippen molar-refractivity contribution >= 4 is 11.3 Å². The maximum absolute atomic E-state index is 5.67. The molecule has 0 N–H and O–H groups in total. The minimum atomic E-state index is 0.445. The van der Waals surface area contributed by atoms with Crippen molar-refractivity contribution in [2.24, 2.45) is 0 Å². The van der Waals surface area contributed by atoms with Gasteiger partial charge in [-0.3, -0.25) is 9.80 Å². The first-order valence-electron chi connectivity index (χ1n) is 7.69. The van der Waals surface area contributed by atoms with Crippen LogP contribution >= 0.6 is 11.3 Å². The number of furan rings is 1. The number of hydrogen-bond acceptors (Lipinski definition) is 7. The van der Waals surface area contributed by atoms with E-state index in [0.717, 1.165) is 32.7 Å². The van der Waals surface area contributed by atoms with Gasteiger partial charge in [0.2, 0.25) is 5.89 Å². The van der Waals surface area contributed by atoms with Crippen molar-refractivity contribution in [2.45, 2.75) is 13.1 Å². The van der Waals surface area contributed by atoms with E-state index >= 15 is 0 Å². The van der Waals surface area contributed by atoms with E-state index in [4.69, 9.17) is 8.83 Å². The highest BCUT2D eigenvalue weighted by Crippen LogP contribution is 2.19. The van der Waals surface area contributed by atoms with Gasteiger partial charge in [-0.2, -0.15) is 11.3 Å². The molecule has 0 unspecified atom stereocenters. The number of piperazine rings is 1. The predicted molar refractivity (Wildman–Crippen MR) is 86.9 cm³/mol. The Morgan fingerprint density at radius 3 is 2.57 bits per heavy atom. The number of aromatic nitrogens is 2. The molecule has 3 aromatic rings. The van der Waals surface area contributed by atoms with Crippen molar-refractivity contribution in [3.8, 4) is 11.7 Å². The third kappa shape index (κ3) is 3.52. The Hall–Kier alpha value is -1.96. The van der Waals surface area contributed by atoms with E-state index < -0.39 is 0 Å². The van der Waals surface area contributed by atoms with Gasteiger partial charge in [0.1, 0.15) is 0 Å². The summed E-state index contributed by atoms with van der Waals surface area (Å²) < 4.78 is 10.9. The molecule has 1 saturated heterocycles. The minimum Gasteiger partial charge on any atom is -0.459 e. The van der Waals surface area contributed by atoms with Crippen LogP contribution in [0.1, 0.15) is 11.5 Å². The van der Waals surface area contributed by atoms with Gasteiger partial charge in [-0.25, -0.2) is 0 Å². The summed E-state index contributed by atoms with van der Waals surface area (Å²) in [4.78, 5) is 4.84. The molecule has 1 aliphatic rings. The zero-order chi connectivity index (χ0) is 15.5. The van der Waals surface area contributed by atoms with E-state index in [2.05, 4.69) is 36.8 Å². The average molecular weight is 330 g/mol. The van der Waals surface area contributed by atoms with E-state index in [1.165, 1.54) is 5.56 Å². The summed E-state index contributed by atoms with van der Waals surface area (Å²) in [6, 6.07) is 5.83. The minimum absolute atomic E-state index is 0.445. The van der Waals surface area contributed by atoms with Gasteiger partial charge >= 0.3 is 0 Å². The van der Waals surface area contributed by atoms with Gasteiger partial charge in [0.15, 0.2) is 5.76 Å². The van der Waals surface area contributed by atoms with Crippen molar-refractivity contribution in [2.75, 3.05) is 26.2 Å². The van der Waals surface area contributed by atoms with E-state index in [0.29, 0.717) is 24.1 Å². The molecule has 23 heavy (non-hydrogen) atoms. The first-order valence-corrected chi connectivity index (χ1v) is 8.63. The molecule has 0 amide bonds. The molecule has 4 rings (SSSR count). The molecule has 0 bridgehead atoms. The van der Waals surface area contributed by atoms with Gasteiger partial charge in [0, 0.05) is 32.7 Å². The van der Waals surface area contributed by atoms with Crippen molar-refractivity contribution in [1.82, 2.24) is 20.0 Å². The molecule has 120 valence electrons. The Balaban J connectivity index is 1.29. The van der Waals surface area contributed by atoms with E-state index in [1.54, 1.807) is 17.6 Å². The third-order valence-corrected chi connectivity index (χ3v) is 4.74. The second-order valence-electron chi connectivity index (χ2n) is 5.66. The van der Waals surface area contributed by atoms with Crippen molar-refractivity contribution in [1.29, 1.82) is 0 Å². The lowest BCUT2D eigenvalue weighted by atomic mass is 10.2. The van der Waals surface area contributed by atoms with E-state index in [9.17, 15) is 0 Å². The highest BCUT2D eigenvalue weighted by molar-refractivity contribution is 7.07. The first-order chi connectivity index (χ1) is 11.4. The summed E-state index contributed by atoms with van der Waals surface area (Å²) in [5, 5.41) is 12.5. The topological polar surface area (TPSA) is 58.5 Å². The molecule has 0 spiro atoms. The van der Waals surface area contributed by atoms with Gasteiger partial charge in [-0.1, -0.05) is 0 Å². The van der Waals surface area contributed by atoms with Crippen LogP contribution in [0.5, 0.6) is 0 Å². The largest absolute Gasteiger partial charge is 0.459 e. The van der Waals surface area contributed by atoms with Crippen LogP contribution in [0.2, 0.25) is 0 Å². The van der Waals surface area contributed by atoms with Crippen LogP contribution in [0.3, 0.4) is 0 Å². The Kier molecular flexibility index (Phi) is 4.23. The fraction of sp³-hybridized carbons (Fsp3) is 0.375. The molecule has 0 aromatic carbocycles. The summed E-state index contributed by atoms with van der Waals surface area (Å²) in [5.41, 5.74) is 1.41. The number of hydrogen-bond donors (Lipinski definition) is 0. The molecule has 1 aliphatic heterocycles. The Labute approximate surface area is 138 Å². The van der Waals surface area contributed by atoms with Crippen LogP contribution < -0.4 is 0 Å². The molecule has 4 heterocycles. The lowest BCUT2D eigenvalue weighted by Gasteiger charge is -2.33. The van der Waals surface area contributed by atoms with Gasteiger partial charge in [0.25, 0.3) is 5.89 Å². The lowest BCUT2D eigenvalue weighted by molar-refractivity contribution is 0.114. The highest BCUT2D eigenvalue weighted by atomic mass is 32.1. The monoisotopic (exact) mass is 330 g/mol.